The third-order valence-electron chi connectivity index (χ3n) is 3.93. The fourth-order valence-electron chi connectivity index (χ4n) is 2.70. The molecule has 0 unspecified atom stereocenters. The van der Waals surface area contributed by atoms with Crippen molar-refractivity contribution >= 4 is 21.7 Å². The number of hydrogen-bond acceptors (Lipinski definition) is 4. The van der Waals surface area contributed by atoms with E-state index in [0.717, 1.165) is 29.1 Å². The first-order valence-corrected chi connectivity index (χ1v) is 8.48. The van der Waals surface area contributed by atoms with Gasteiger partial charge in [0, 0.05) is 5.69 Å². The van der Waals surface area contributed by atoms with Crippen LogP contribution in [0.1, 0.15) is 37.7 Å². The van der Waals surface area contributed by atoms with Crippen molar-refractivity contribution in [3.05, 3.63) is 23.8 Å². The quantitative estimate of drug-likeness (QED) is 0.832. The van der Waals surface area contributed by atoms with E-state index < -0.39 is 16.1 Å². The van der Waals surface area contributed by atoms with Crippen LogP contribution < -0.4 is 11.5 Å². The number of primary amides is 1. The first-order valence-electron chi connectivity index (χ1n) is 7.04. The van der Waals surface area contributed by atoms with Crippen LogP contribution in [0.3, 0.4) is 0 Å². The maximum Gasteiger partial charge on any atom is 0.328 e. The second-order valence-electron chi connectivity index (χ2n) is 5.45. The van der Waals surface area contributed by atoms with Crippen molar-refractivity contribution in [1.29, 1.82) is 0 Å². The van der Waals surface area contributed by atoms with Gasteiger partial charge in [0.2, 0.25) is 0 Å². The summed E-state index contributed by atoms with van der Waals surface area (Å²) < 4.78 is 26.2. The number of nitrogen functional groups attached to an aromatic ring is 1. The Kier molecular flexibility index (Phi) is 4.41. The minimum absolute atomic E-state index is 0.00923. The van der Waals surface area contributed by atoms with E-state index in [4.69, 9.17) is 11.5 Å². The molecule has 116 valence electrons. The van der Waals surface area contributed by atoms with E-state index in [1.165, 1.54) is 12.1 Å². The summed E-state index contributed by atoms with van der Waals surface area (Å²) in [5.74, 6) is 0. The van der Waals surface area contributed by atoms with Gasteiger partial charge in [0.15, 0.2) is 0 Å². The molecule has 1 aromatic rings. The third kappa shape index (κ3) is 3.12. The zero-order valence-electron chi connectivity index (χ0n) is 12.1. The zero-order chi connectivity index (χ0) is 15.6. The Morgan fingerprint density at radius 2 is 1.86 bits per heavy atom. The summed E-state index contributed by atoms with van der Waals surface area (Å²) in [6.45, 7) is 1.79. The molecule has 0 radical (unpaired) electrons. The number of amides is 2. The molecule has 1 fully saturated rings. The van der Waals surface area contributed by atoms with Gasteiger partial charge in [-0.25, -0.2) is 17.5 Å². The molecular weight excluding hydrogens is 290 g/mol. The Bertz CT molecular complexity index is 637. The van der Waals surface area contributed by atoms with E-state index >= 15 is 0 Å². The maximum atomic E-state index is 12.7. The summed E-state index contributed by atoms with van der Waals surface area (Å²) in [4.78, 5) is 11.7. The van der Waals surface area contributed by atoms with E-state index in [1.54, 1.807) is 13.0 Å². The Hall–Kier alpha value is -1.76. The molecule has 1 aromatic carbocycles. The van der Waals surface area contributed by atoms with Crippen LogP contribution in [0.2, 0.25) is 0 Å². The normalized spacial score (nSPS) is 16.6. The smallest absolute Gasteiger partial charge is 0.328 e. The topological polar surface area (TPSA) is 106 Å². The lowest BCUT2D eigenvalue weighted by Crippen LogP contribution is -2.48. The highest BCUT2D eigenvalue weighted by atomic mass is 32.2. The summed E-state index contributed by atoms with van der Waals surface area (Å²) in [5, 5.41) is 0. The predicted octanol–water partition coefficient (Wildman–Crippen LogP) is 1.98. The van der Waals surface area contributed by atoms with Gasteiger partial charge >= 0.3 is 6.03 Å². The predicted molar refractivity (Wildman–Crippen MR) is 81.1 cm³/mol. The molecule has 0 aliphatic heterocycles. The van der Waals surface area contributed by atoms with Crippen molar-refractivity contribution in [3.63, 3.8) is 0 Å². The average Bonchev–Trinajstić information content (AvgIpc) is 2.42. The zero-order valence-corrected chi connectivity index (χ0v) is 12.9. The number of carbonyl (C=O) groups is 1. The highest BCUT2D eigenvalue weighted by molar-refractivity contribution is 7.89. The molecule has 0 heterocycles. The maximum absolute atomic E-state index is 12.7. The molecule has 1 aliphatic carbocycles. The molecule has 7 heteroatoms. The minimum Gasteiger partial charge on any atom is -0.398 e. The van der Waals surface area contributed by atoms with Crippen molar-refractivity contribution in [1.82, 2.24) is 4.31 Å². The lowest BCUT2D eigenvalue weighted by molar-refractivity contribution is 0.208. The number of sulfonamides is 1. The van der Waals surface area contributed by atoms with Gasteiger partial charge in [-0.1, -0.05) is 25.3 Å². The van der Waals surface area contributed by atoms with Gasteiger partial charge in [-0.15, -0.1) is 0 Å². The van der Waals surface area contributed by atoms with Crippen LogP contribution in [0.5, 0.6) is 0 Å². The fraction of sp³-hybridized carbons (Fsp3) is 0.500. The molecule has 0 spiro atoms. The minimum atomic E-state index is -3.96. The standard InChI is InChI=1S/C14H21N3O3S/c1-10-7-8-12(9-13(10)15)21(19,20)17(14(16)18)11-5-3-2-4-6-11/h7-9,11H,2-6,15H2,1H3,(H2,16,18). The second kappa shape index (κ2) is 5.93. The summed E-state index contributed by atoms with van der Waals surface area (Å²) in [7, 11) is -3.96. The molecule has 4 N–H and O–H groups in total. The highest BCUT2D eigenvalue weighted by Gasteiger charge is 2.35. The van der Waals surface area contributed by atoms with Gasteiger partial charge in [-0.05, 0) is 37.5 Å². The number of aryl methyl sites for hydroxylation is 1. The summed E-state index contributed by atoms with van der Waals surface area (Å²) >= 11 is 0. The molecule has 2 amide bonds. The summed E-state index contributed by atoms with van der Waals surface area (Å²) in [6.07, 6.45) is 4.17. The molecule has 0 atom stereocenters. The third-order valence-corrected chi connectivity index (χ3v) is 5.78. The number of benzene rings is 1. The molecule has 0 aromatic heterocycles. The lowest BCUT2D eigenvalue weighted by Gasteiger charge is -2.32. The van der Waals surface area contributed by atoms with Crippen LogP contribution in [-0.2, 0) is 10.0 Å². The van der Waals surface area contributed by atoms with Crippen molar-refractivity contribution in [2.24, 2.45) is 5.73 Å². The number of nitrogens with zero attached hydrogens (tertiary/aromatic N) is 1. The van der Waals surface area contributed by atoms with E-state index in [1.807, 2.05) is 0 Å². The molecule has 6 nitrogen and oxygen atoms in total. The van der Waals surface area contributed by atoms with Gasteiger partial charge in [0.1, 0.15) is 0 Å². The Balaban J connectivity index is 2.41. The van der Waals surface area contributed by atoms with Crippen LogP contribution in [0.25, 0.3) is 0 Å². The van der Waals surface area contributed by atoms with Crippen LogP contribution in [0.15, 0.2) is 23.1 Å². The molecule has 1 aliphatic rings. The van der Waals surface area contributed by atoms with Gasteiger partial charge in [-0.2, -0.15) is 0 Å². The molecule has 2 rings (SSSR count). The van der Waals surface area contributed by atoms with Crippen LogP contribution >= 0.6 is 0 Å². The highest BCUT2D eigenvalue weighted by Crippen LogP contribution is 2.28. The molecular formula is C14H21N3O3S. The van der Waals surface area contributed by atoms with Gasteiger partial charge < -0.3 is 11.5 Å². The first kappa shape index (κ1) is 15.6. The number of rotatable bonds is 3. The SMILES string of the molecule is Cc1ccc(S(=O)(=O)N(C(N)=O)C2CCCCC2)cc1N. The van der Waals surface area contributed by atoms with Crippen molar-refractivity contribution in [2.45, 2.75) is 50.0 Å². The van der Waals surface area contributed by atoms with Gasteiger partial charge in [0.05, 0.1) is 10.9 Å². The van der Waals surface area contributed by atoms with Crippen molar-refractivity contribution in [2.75, 3.05) is 5.73 Å². The summed E-state index contributed by atoms with van der Waals surface area (Å²) in [6, 6.07) is 3.18. The number of nitrogens with two attached hydrogens (primary N) is 2. The van der Waals surface area contributed by atoms with Crippen LogP contribution in [-0.4, -0.2) is 24.8 Å². The van der Waals surface area contributed by atoms with Crippen LogP contribution in [0.4, 0.5) is 10.5 Å². The summed E-state index contributed by atoms with van der Waals surface area (Å²) in [5.41, 5.74) is 12.3. The number of hydrogen-bond donors (Lipinski definition) is 2. The first-order chi connectivity index (χ1) is 9.84. The molecule has 0 bridgehead atoms. The van der Waals surface area contributed by atoms with Crippen molar-refractivity contribution < 1.29 is 13.2 Å². The molecule has 1 saturated carbocycles. The number of anilines is 1. The lowest BCUT2D eigenvalue weighted by atomic mass is 9.96. The fourth-order valence-corrected chi connectivity index (χ4v) is 4.29. The van der Waals surface area contributed by atoms with Crippen LogP contribution in [0, 0.1) is 6.92 Å². The van der Waals surface area contributed by atoms with Gasteiger partial charge in [-0.3, -0.25) is 0 Å². The molecule has 0 saturated heterocycles. The Morgan fingerprint density at radius 1 is 1.24 bits per heavy atom. The molecule has 21 heavy (non-hydrogen) atoms. The number of carbonyl (C=O) groups excluding carboxylic acids is 1. The van der Waals surface area contributed by atoms with E-state index in [-0.39, 0.29) is 10.9 Å². The van der Waals surface area contributed by atoms with Crippen molar-refractivity contribution in [3.8, 4) is 0 Å². The van der Waals surface area contributed by atoms with Gasteiger partial charge in [0.25, 0.3) is 10.0 Å². The largest absolute Gasteiger partial charge is 0.398 e. The Morgan fingerprint density at radius 3 is 2.38 bits per heavy atom. The average molecular weight is 311 g/mol. The van der Waals surface area contributed by atoms with E-state index in [9.17, 15) is 13.2 Å². The number of urea groups is 1. The van der Waals surface area contributed by atoms with E-state index in [0.29, 0.717) is 18.5 Å². The Labute approximate surface area is 125 Å². The van der Waals surface area contributed by atoms with E-state index in [2.05, 4.69) is 0 Å². The monoisotopic (exact) mass is 311 g/mol. The second-order valence-corrected chi connectivity index (χ2v) is 7.26.